The molecule has 0 radical (unpaired) electrons. The Morgan fingerprint density at radius 1 is 1.36 bits per heavy atom. The molecule has 10 heteroatoms. The van der Waals surface area contributed by atoms with Gasteiger partial charge in [0.15, 0.2) is 5.76 Å². The van der Waals surface area contributed by atoms with E-state index < -0.39 is 15.9 Å². The second kappa shape index (κ2) is 5.36. The Labute approximate surface area is 131 Å². The zero-order chi connectivity index (χ0) is 15.9. The van der Waals surface area contributed by atoms with E-state index in [2.05, 4.69) is 27.2 Å². The zero-order valence-corrected chi connectivity index (χ0v) is 13.5. The fourth-order valence-electron chi connectivity index (χ4n) is 2.03. The molecule has 2 heterocycles. The highest BCUT2D eigenvalue weighted by molar-refractivity contribution is 7.92. The van der Waals surface area contributed by atoms with Crippen LogP contribution in [0.2, 0.25) is 0 Å². The van der Waals surface area contributed by atoms with Gasteiger partial charge in [-0.05, 0) is 24.5 Å². The molecule has 0 bridgehead atoms. The van der Waals surface area contributed by atoms with E-state index in [1.165, 1.54) is 0 Å². The van der Waals surface area contributed by atoms with Crippen molar-refractivity contribution in [3.05, 3.63) is 23.7 Å². The number of furan rings is 1. The number of amides is 1. The van der Waals surface area contributed by atoms with Gasteiger partial charge < -0.3 is 4.42 Å². The third-order valence-electron chi connectivity index (χ3n) is 3.24. The highest BCUT2D eigenvalue weighted by atomic mass is 32.2. The van der Waals surface area contributed by atoms with Crippen molar-refractivity contribution in [2.45, 2.75) is 19.3 Å². The maximum Gasteiger partial charge on any atom is 0.293 e. The zero-order valence-electron chi connectivity index (χ0n) is 11.9. The first-order chi connectivity index (χ1) is 10.3. The fourth-order valence-corrected chi connectivity index (χ4v) is 3.49. The molecule has 2 aromatic rings. The summed E-state index contributed by atoms with van der Waals surface area (Å²) in [6, 6.07) is 3.42. The number of nitrogens with one attached hydrogen (secondary N) is 2. The van der Waals surface area contributed by atoms with Crippen molar-refractivity contribution in [1.82, 2.24) is 10.2 Å². The number of hydrogen-bond acceptors (Lipinski definition) is 7. The van der Waals surface area contributed by atoms with Crippen molar-refractivity contribution >= 4 is 37.5 Å². The summed E-state index contributed by atoms with van der Waals surface area (Å²) >= 11 is 0.922. The number of carbonyl (C=O) groups is 1. The number of carbonyl (C=O) groups excluding carboxylic acids is 1. The Hall–Kier alpha value is -1.94. The minimum Gasteiger partial charge on any atom is -0.456 e. The maximum absolute atomic E-state index is 12.0. The number of anilines is 2. The molecule has 1 amide bonds. The summed E-state index contributed by atoms with van der Waals surface area (Å²) in [5.74, 6) is 1.56. The van der Waals surface area contributed by atoms with Gasteiger partial charge in [-0.15, -0.1) is 10.2 Å². The van der Waals surface area contributed by atoms with E-state index in [-0.39, 0.29) is 16.0 Å². The Kier molecular flexibility index (Phi) is 3.65. The summed E-state index contributed by atoms with van der Waals surface area (Å²) in [6.07, 6.45) is 2.08. The number of nitrogens with zero attached hydrogens (tertiary/aromatic N) is 2. The van der Waals surface area contributed by atoms with Crippen molar-refractivity contribution in [3.63, 3.8) is 0 Å². The standard InChI is InChI=1S/C12H14N4O4S2/c1-6-5-7(6)8-3-4-9(20-8)10(17)13-11-14-15-12(21-11)16-22(2,18)19/h3-4,6-7H,5H2,1-2H3,(H,15,16)(H,13,14,17)/t6-,7+/m0/s1. The van der Waals surface area contributed by atoms with Crippen LogP contribution in [0.15, 0.2) is 16.5 Å². The number of hydrogen-bond donors (Lipinski definition) is 2. The Morgan fingerprint density at radius 3 is 2.68 bits per heavy atom. The summed E-state index contributed by atoms with van der Waals surface area (Å²) < 4.78 is 29.9. The molecule has 8 nitrogen and oxygen atoms in total. The molecular weight excluding hydrogens is 328 g/mol. The normalized spacial score (nSPS) is 20.6. The molecule has 2 aromatic heterocycles. The van der Waals surface area contributed by atoms with Gasteiger partial charge >= 0.3 is 0 Å². The van der Waals surface area contributed by atoms with E-state index >= 15 is 0 Å². The molecule has 0 aromatic carbocycles. The monoisotopic (exact) mass is 342 g/mol. The Bertz CT molecular complexity index is 811. The summed E-state index contributed by atoms with van der Waals surface area (Å²) in [7, 11) is -3.42. The minimum atomic E-state index is -3.42. The van der Waals surface area contributed by atoms with Crippen LogP contribution in [0, 0.1) is 5.92 Å². The largest absolute Gasteiger partial charge is 0.456 e. The van der Waals surface area contributed by atoms with E-state index in [9.17, 15) is 13.2 Å². The Balaban J connectivity index is 1.65. The lowest BCUT2D eigenvalue weighted by atomic mass is 10.3. The van der Waals surface area contributed by atoms with Gasteiger partial charge in [-0.2, -0.15) is 0 Å². The van der Waals surface area contributed by atoms with E-state index in [0.29, 0.717) is 11.8 Å². The van der Waals surface area contributed by atoms with E-state index in [1.807, 2.05) is 0 Å². The van der Waals surface area contributed by atoms with Crippen LogP contribution in [0.1, 0.15) is 35.6 Å². The van der Waals surface area contributed by atoms with Crippen molar-refractivity contribution in [2.75, 3.05) is 16.3 Å². The highest BCUT2D eigenvalue weighted by Crippen LogP contribution is 2.47. The SMILES string of the molecule is C[C@H]1C[C@H]1c1ccc(C(=O)Nc2nnc(NS(C)(=O)=O)s2)o1. The van der Waals surface area contributed by atoms with Crippen LogP contribution in [0.3, 0.4) is 0 Å². The molecule has 1 aliphatic rings. The first-order valence-electron chi connectivity index (χ1n) is 6.54. The summed E-state index contributed by atoms with van der Waals surface area (Å²) in [5.41, 5.74) is 0. The van der Waals surface area contributed by atoms with Crippen molar-refractivity contribution < 1.29 is 17.6 Å². The first kappa shape index (κ1) is 15.0. The van der Waals surface area contributed by atoms with Gasteiger partial charge in [-0.3, -0.25) is 14.8 Å². The molecule has 1 saturated carbocycles. The van der Waals surface area contributed by atoms with Crippen LogP contribution in [-0.4, -0.2) is 30.8 Å². The molecule has 0 saturated heterocycles. The van der Waals surface area contributed by atoms with Gasteiger partial charge in [0.1, 0.15) is 5.76 Å². The predicted octanol–water partition coefficient (Wildman–Crippen LogP) is 1.88. The second-order valence-corrected chi connectivity index (χ2v) is 7.99. The first-order valence-corrected chi connectivity index (χ1v) is 9.25. The highest BCUT2D eigenvalue weighted by Gasteiger charge is 2.37. The molecule has 118 valence electrons. The quantitative estimate of drug-likeness (QED) is 0.857. The molecule has 1 aliphatic carbocycles. The second-order valence-electron chi connectivity index (χ2n) is 5.26. The summed E-state index contributed by atoms with van der Waals surface area (Å²) in [5, 5.41) is 10.1. The van der Waals surface area contributed by atoms with Crippen LogP contribution in [-0.2, 0) is 10.0 Å². The topological polar surface area (TPSA) is 114 Å². The van der Waals surface area contributed by atoms with Gasteiger partial charge in [0.05, 0.1) is 6.26 Å². The van der Waals surface area contributed by atoms with Gasteiger partial charge in [-0.1, -0.05) is 18.3 Å². The molecule has 0 spiro atoms. The van der Waals surface area contributed by atoms with Crippen LogP contribution in [0.5, 0.6) is 0 Å². The van der Waals surface area contributed by atoms with Crippen LogP contribution < -0.4 is 10.0 Å². The molecule has 3 rings (SSSR count). The minimum absolute atomic E-state index is 0.0877. The average molecular weight is 342 g/mol. The van der Waals surface area contributed by atoms with Gasteiger partial charge in [-0.25, -0.2) is 8.42 Å². The van der Waals surface area contributed by atoms with Crippen LogP contribution in [0.25, 0.3) is 0 Å². The molecule has 22 heavy (non-hydrogen) atoms. The van der Waals surface area contributed by atoms with E-state index in [0.717, 1.165) is 29.8 Å². The summed E-state index contributed by atoms with van der Waals surface area (Å²) in [4.78, 5) is 12.0. The molecular formula is C12H14N4O4S2. The van der Waals surface area contributed by atoms with Crippen LogP contribution >= 0.6 is 11.3 Å². The van der Waals surface area contributed by atoms with E-state index in [1.54, 1.807) is 12.1 Å². The molecule has 2 N–H and O–H groups in total. The van der Waals surface area contributed by atoms with Gasteiger partial charge in [0.2, 0.25) is 20.3 Å². The van der Waals surface area contributed by atoms with E-state index in [4.69, 9.17) is 4.42 Å². The van der Waals surface area contributed by atoms with Crippen molar-refractivity contribution in [2.24, 2.45) is 5.92 Å². The molecule has 0 unspecified atom stereocenters. The fraction of sp³-hybridized carbons (Fsp3) is 0.417. The number of rotatable bonds is 5. The molecule has 1 fully saturated rings. The van der Waals surface area contributed by atoms with Gasteiger partial charge in [0.25, 0.3) is 5.91 Å². The Morgan fingerprint density at radius 2 is 2.05 bits per heavy atom. The lowest BCUT2D eigenvalue weighted by Gasteiger charge is -1.97. The van der Waals surface area contributed by atoms with Crippen molar-refractivity contribution in [1.29, 1.82) is 0 Å². The van der Waals surface area contributed by atoms with Crippen molar-refractivity contribution in [3.8, 4) is 0 Å². The molecule has 2 atom stereocenters. The lowest BCUT2D eigenvalue weighted by molar-refractivity contribution is 0.0994. The average Bonchev–Trinajstić information content (AvgIpc) is 2.84. The number of sulfonamides is 1. The number of aromatic nitrogens is 2. The van der Waals surface area contributed by atoms with Gasteiger partial charge in [0, 0.05) is 5.92 Å². The predicted molar refractivity (Wildman–Crippen MR) is 81.6 cm³/mol. The smallest absolute Gasteiger partial charge is 0.293 e. The maximum atomic E-state index is 12.0. The lowest BCUT2D eigenvalue weighted by Crippen LogP contribution is -2.10. The third kappa shape index (κ3) is 3.45. The molecule has 0 aliphatic heterocycles. The third-order valence-corrected chi connectivity index (χ3v) is 4.69. The van der Waals surface area contributed by atoms with Crippen LogP contribution in [0.4, 0.5) is 10.3 Å². The summed E-state index contributed by atoms with van der Waals surface area (Å²) in [6.45, 7) is 2.13.